The van der Waals surface area contributed by atoms with Crippen LogP contribution < -0.4 is 5.32 Å². The highest BCUT2D eigenvalue weighted by molar-refractivity contribution is 5.75. The topological polar surface area (TPSA) is 50.8 Å². The first kappa shape index (κ1) is 16.6. The summed E-state index contributed by atoms with van der Waals surface area (Å²) in [6.45, 7) is 3.93. The summed E-state index contributed by atoms with van der Waals surface area (Å²) in [5.41, 5.74) is 0. The van der Waals surface area contributed by atoms with Crippen LogP contribution >= 0.6 is 0 Å². The van der Waals surface area contributed by atoms with Crippen LogP contribution in [0.4, 0.5) is 4.79 Å². The number of hydrogen-bond donors (Lipinski definition) is 1. The molecule has 24 heavy (non-hydrogen) atoms. The minimum Gasteiger partial charge on any atom is -0.376 e. The Balaban J connectivity index is 1.39. The first-order valence-corrected chi connectivity index (χ1v) is 10.0. The van der Waals surface area contributed by atoms with E-state index in [1.165, 1.54) is 12.8 Å². The average molecular weight is 336 g/mol. The second-order valence-electron chi connectivity index (χ2n) is 8.37. The monoisotopic (exact) mass is 336 g/mol. The maximum atomic E-state index is 13.0. The lowest BCUT2D eigenvalue weighted by molar-refractivity contribution is 0.0577. The van der Waals surface area contributed by atoms with E-state index in [9.17, 15) is 4.79 Å². The molecule has 0 aromatic rings. The lowest BCUT2D eigenvalue weighted by Gasteiger charge is -2.38. The first-order valence-electron chi connectivity index (χ1n) is 10.0. The minimum absolute atomic E-state index is 0.117. The van der Waals surface area contributed by atoms with Crippen LogP contribution in [0.15, 0.2) is 0 Å². The number of nitrogens with zero attached hydrogens (tertiary/aromatic N) is 1. The Hall–Kier alpha value is -0.810. The summed E-state index contributed by atoms with van der Waals surface area (Å²) in [4.78, 5) is 15.2. The van der Waals surface area contributed by atoms with Gasteiger partial charge in [-0.15, -0.1) is 0 Å². The number of nitrogens with one attached hydrogen (secondary N) is 1. The molecular weight excluding hydrogens is 304 g/mol. The molecule has 1 aliphatic carbocycles. The fourth-order valence-corrected chi connectivity index (χ4v) is 4.99. The van der Waals surface area contributed by atoms with E-state index in [1.807, 2.05) is 0 Å². The van der Waals surface area contributed by atoms with Gasteiger partial charge in [0.25, 0.3) is 0 Å². The van der Waals surface area contributed by atoms with Crippen molar-refractivity contribution in [3.63, 3.8) is 0 Å². The summed E-state index contributed by atoms with van der Waals surface area (Å²) < 4.78 is 11.7. The van der Waals surface area contributed by atoms with Gasteiger partial charge in [-0.1, -0.05) is 6.92 Å². The molecule has 4 aliphatic rings. The zero-order valence-electron chi connectivity index (χ0n) is 14.9. The maximum Gasteiger partial charge on any atom is 0.318 e. The number of carbonyl (C=O) groups is 1. The van der Waals surface area contributed by atoms with E-state index in [4.69, 9.17) is 9.47 Å². The SMILES string of the molecule is CC1CCC(N(C[C@@H]2CCCO2)C(=O)N[C@@H]2C[C@H]3CC[C@H]2O3)CC1. The standard InChI is InChI=1S/C19H32N2O3/c1-13-4-6-14(7-5-13)21(12-16-3-2-10-23-16)19(22)20-17-11-15-8-9-18(17)24-15/h13-18H,2-12H2,1H3,(H,20,22)/t13?,14?,15-,16+,17-,18-/m1/s1. The van der Waals surface area contributed by atoms with E-state index < -0.39 is 0 Å². The molecule has 4 fully saturated rings. The van der Waals surface area contributed by atoms with Gasteiger partial charge in [-0.25, -0.2) is 4.79 Å². The van der Waals surface area contributed by atoms with Gasteiger partial charge in [-0.3, -0.25) is 0 Å². The summed E-state index contributed by atoms with van der Waals surface area (Å²) in [7, 11) is 0. The molecular formula is C19H32N2O3. The van der Waals surface area contributed by atoms with Crippen LogP contribution in [-0.4, -0.2) is 54.5 Å². The van der Waals surface area contributed by atoms with Crippen molar-refractivity contribution >= 4 is 6.03 Å². The minimum atomic E-state index is 0.117. The van der Waals surface area contributed by atoms with Gasteiger partial charge in [-0.05, 0) is 63.7 Å². The smallest absolute Gasteiger partial charge is 0.318 e. The van der Waals surface area contributed by atoms with E-state index in [1.54, 1.807) is 0 Å². The van der Waals surface area contributed by atoms with Gasteiger partial charge >= 0.3 is 6.03 Å². The van der Waals surface area contributed by atoms with Crippen LogP contribution in [0.1, 0.15) is 64.7 Å². The van der Waals surface area contributed by atoms with Crippen molar-refractivity contribution in [1.29, 1.82) is 0 Å². The number of carbonyl (C=O) groups excluding carboxylic acids is 1. The molecule has 4 rings (SSSR count). The fourth-order valence-electron chi connectivity index (χ4n) is 4.99. The molecule has 0 aromatic heterocycles. The number of urea groups is 1. The number of rotatable bonds is 4. The van der Waals surface area contributed by atoms with Crippen molar-refractivity contribution in [2.45, 2.75) is 95.1 Å². The number of amides is 2. The molecule has 0 radical (unpaired) electrons. The van der Waals surface area contributed by atoms with E-state index in [-0.39, 0.29) is 24.3 Å². The normalized spacial score (nSPS) is 41.5. The van der Waals surface area contributed by atoms with Crippen LogP contribution in [0.3, 0.4) is 0 Å². The van der Waals surface area contributed by atoms with Gasteiger partial charge in [0.15, 0.2) is 0 Å². The van der Waals surface area contributed by atoms with Crippen molar-refractivity contribution in [1.82, 2.24) is 10.2 Å². The van der Waals surface area contributed by atoms with Crippen molar-refractivity contribution in [3.05, 3.63) is 0 Å². The Morgan fingerprint density at radius 3 is 2.58 bits per heavy atom. The summed E-state index contributed by atoms with van der Waals surface area (Å²) in [6, 6.07) is 0.710. The highest BCUT2D eigenvalue weighted by atomic mass is 16.5. The molecule has 0 aromatic carbocycles. The van der Waals surface area contributed by atoms with E-state index in [2.05, 4.69) is 17.1 Å². The molecule has 1 N–H and O–H groups in total. The predicted molar refractivity (Wildman–Crippen MR) is 91.9 cm³/mol. The average Bonchev–Trinajstić information content (AvgIpc) is 3.31. The van der Waals surface area contributed by atoms with Crippen molar-refractivity contribution in [3.8, 4) is 0 Å². The second kappa shape index (κ2) is 7.20. The molecule has 2 amide bonds. The van der Waals surface area contributed by atoms with Gasteiger partial charge in [0.1, 0.15) is 0 Å². The van der Waals surface area contributed by atoms with E-state index in [0.29, 0.717) is 12.1 Å². The van der Waals surface area contributed by atoms with Gasteiger partial charge in [-0.2, -0.15) is 0 Å². The van der Waals surface area contributed by atoms with Crippen molar-refractivity contribution < 1.29 is 14.3 Å². The summed E-state index contributed by atoms with van der Waals surface area (Å²) >= 11 is 0. The number of hydrogen-bond acceptors (Lipinski definition) is 3. The quantitative estimate of drug-likeness (QED) is 0.858. The van der Waals surface area contributed by atoms with Crippen LogP contribution in [0.25, 0.3) is 0 Å². The van der Waals surface area contributed by atoms with Crippen LogP contribution in [-0.2, 0) is 9.47 Å². The second-order valence-corrected chi connectivity index (χ2v) is 8.37. The molecule has 0 unspecified atom stereocenters. The highest BCUT2D eigenvalue weighted by Gasteiger charge is 2.42. The fraction of sp³-hybridized carbons (Fsp3) is 0.947. The molecule has 5 heteroatoms. The Morgan fingerprint density at radius 2 is 1.96 bits per heavy atom. The summed E-state index contributed by atoms with van der Waals surface area (Å²) in [5, 5.41) is 3.30. The molecule has 4 atom stereocenters. The van der Waals surface area contributed by atoms with Crippen LogP contribution in [0.2, 0.25) is 0 Å². The zero-order valence-corrected chi connectivity index (χ0v) is 14.9. The molecule has 1 saturated carbocycles. The van der Waals surface area contributed by atoms with E-state index in [0.717, 1.165) is 64.0 Å². The molecule has 5 nitrogen and oxygen atoms in total. The molecule has 0 spiro atoms. The van der Waals surface area contributed by atoms with Crippen molar-refractivity contribution in [2.75, 3.05) is 13.2 Å². The highest BCUT2D eigenvalue weighted by Crippen LogP contribution is 2.35. The van der Waals surface area contributed by atoms with E-state index >= 15 is 0 Å². The lowest BCUT2D eigenvalue weighted by atomic mass is 9.86. The van der Waals surface area contributed by atoms with Gasteiger partial charge in [0.2, 0.25) is 0 Å². The zero-order chi connectivity index (χ0) is 16.5. The van der Waals surface area contributed by atoms with Crippen LogP contribution in [0.5, 0.6) is 0 Å². The Labute approximate surface area is 145 Å². The lowest BCUT2D eigenvalue weighted by Crippen LogP contribution is -2.54. The molecule has 3 saturated heterocycles. The summed E-state index contributed by atoms with van der Waals surface area (Å²) in [5.74, 6) is 0.799. The third kappa shape index (κ3) is 3.57. The summed E-state index contributed by atoms with van der Waals surface area (Å²) in [6.07, 6.45) is 11.1. The molecule has 136 valence electrons. The van der Waals surface area contributed by atoms with Gasteiger partial charge in [0, 0.05) is 19.2 Å². The Morgan fingerprint density at radius 1 is 1.12 bits per heavy atom. The largest absolute Gasteiger partial charge is 0.376 e. The van der Waals surface area contributed by atoms with Crippen LogP contribution in [0, 0.1) is 5.92 Å². The Bertz CT molecular complexity index is 444. The van der Waals surface area contributed by atoms with Gasteiger partial charge in [0.05, 0.1) is 24.4 Å². The number of ether oxygens (including phenoxy) is 2. The maximum absolute atomic E-state index is 13.0. The first-order chi connectivity index (χ1) is 11.7. The predicted octanol–water partition coefficient (Wildman–Crippen LogP) is 3.08. The Kier molecular flexibility index (Phi) is 5.00. The number of fused-ring (bicyclic) bond motifs is 2. The molecule has 3 aliphatic heterocycles. The molecule has 2 bridgehead atoms. The van der Waals surface area contributed by atoms with Crippen molar-refractivity contribution in [2.24, 2.45) is 5.92 Å². The van der Waals surface area contributed by atoms with Gasteiger partial charge < -0.3 is 19.7 Å². The molecule has 3 heterocycles. The third-order valence-corrected chi connectivity index (χ3v) is 6.53. The third-order valence-electron chi connectivity index (χ3n) is 6.53.